The lowest BCUT2D eigenvalue weighted by Gasteiger charge is -2.34. The zero-order chi connectivity index (χ0) is 18.4. The third-order valence-electron chi connectivity index (χ3n) is 4.32. The van der Waals surface area contributed by atoms with E-state index in [1.165, 1.54) is 0 Å². The molecular formula is C16H16F3N5O. The van der Waals surface area contributed by atoms with Crippen molar-refractivity contribution in [3.05, 3.63) is 41.3 Å². The predicted octanol–water partition coefficient (Wildman–Crippen LogP) is 2.02. The summed E-state index contributed by atoms with van der Waals surface area (Å²) >= 11 is 0. The first-order valence-corrected chi connectivity index (χ1v) is 7.48. The molecule has 0 aromatic heterocycles. The number of halogens is 3. The number of hydrogen-bond donors (Lipinski definition) is 2. The Kier molecular flexibility index (Phi) is 3.99. The number of fused-ring (bicyclic) bond motifs is 1. The van der Waals surface area contributed by atoms with Gasteiger partial charge >= 0.3 is 6.18 Å². The van der Waals surface area contributed by atoms with Gasteiger partial charge in [-0.2, -0.15) is 23.5 Å². The van der Waals surface area contributed by atoms with Gasteiger partial charge in [0.05, 0.1) is 11.5 Å². The van der Waals surface area contributed by atoms with Gasteiger partial charge in [-0.1, -0.05) is 12.1 Å². The lowest BCUT2D eigenvalue weighted by Crippen LogP contribution is -2.45. The number of ether oxygens (including phenoxy) is 1. The molecule has 2 aliphatic heterocycles. The van der Waals surface area contributed by atoms with E-state index >= 15 is 0 Å². The number of hydrazone groups is 1. The first-order valence-electron chi connectivity index (χ1n) is 7.48. The van der Waals surface area contributed by atoms with E-state index in [-0.39, 0.29) is 11.5 Å². The molecule has 2 aliphatic rings. The number of nitrogens with one attached hydrogen (secondary N) is 1. The van der Waals surface area contributed by atoms with E-state index < -0.39 is 30.0 Å². The van der Waals surface area contributed by atoms with Gasteiger partial charge in [-0.05, 0) is 17.7 Å². The quantitative estimate of drug-likeness (QED) is 0.851. The lowest BCUT2D eigenvalue weighted by atomic mass is 9.76. The molecule has 0 amide bonds. The molecular weight excluding hydrogens is 335 g/mol. The number of alkyl halides is 3. The van der Waals surface area contributed by atoms with E-state index in [0.29, 0.717) is 5.56 Å². The van der Waals surface area contributed by atoms with E-state index in [9.17, 15) is 18.4 Å². The summed E-state index contributed by atoms with van der Waals surface area (Å²) in [6, 6.07) is 8.83. The maximum atomic E-state index is 13.4. The van der Waals surface area contributed by atoms with Gasteiger partial charge < -0.3 is 15.4 Å². The number of benzene rings is 1. The van der Waals surface area contributed by atoms with Crippen LogP contribution in [0.15, 0.2) is 40.8 Å². The van der Waals surface area contributed by atoms with Crippen LogP contribution < -0.4 is 16.1 Å². The van der Waals surface area contributed by atoms with Crippen molar-refractivity contribution in [1.29, 1.82) is 5.26 Å². The molecule has 3 atom stereocenters. The first-order chi connectivity index (χ1) is 11.7. The van der Waals surface area contributed by atoms with Crippen molar-refractivity contribution in [3.63, 3.8) is 0 Å². The Balaban J connectivity index is 2.09. The van der Waals surface area contributed by atoms with Crippen LogP contribution >= 0.6 is 0 Å². The van der Waals surface area contributed by atoms with E-state index in [2.05, 4.69) is 10.5 Å². The van der Waals surface area contributed by atoms with Crippen molar-refractivity contribution in [1.82, 2.24) is 5.43 Å². The van der Waals surface area contributed by atoms with Crippen LogP contribution in [0.1, 0.15) is 11.5 Å². The molecule has 1 aromatic carbocycles. The van der Waals surface area contributed by atoms with Gasteiger partial charge in [-0.25, -0.2) is 0 Å². The highest BCUT2D eigenvalue weighted by molar-refractivity contribution is 5.94. The fraction of sp³-hybridized carbons (Fsp3) is 0.375. The molecule has 6 nitrogen and oxygen atoms in total. The monoisotopic (exact) mass is 351 g/mol. The number of nitriles is 1. The van der Waals surface area contributed by atoms with E-state index in [4.69, 9.17) is 10.5 Å². The third kappa shape index (κ3) is 2.84. The smallest absolute Gasteiger partial charge is 0.431 e. The highest BCUT2D eigenvalue weighted by atomic mass is 19.4. The van der Waals surface area contributed by atoms with Gasteiger partial charge in [-0.3, -0.25) is 5.43 Å². The summed E-state index contributed by atoms with van der Waals surface area (Å²) in [4.78, 5) is 1.87. The van der Waals surface area contributed by atoms with E-state index in [0.717, 1.165) is 5.69 Å². The number of nitrogens with zero attached hydrogens (tertiary/aromatic N) is 3. The second-order valence-electron chi connectivity index (χ2n) is 6.04. The van der Waals surface area contributed by atoms with Crippen LogP contribution in [0, 0.1) is 17.2 Å². The minimum atomic E-state index is -4.63. The average Bonchev–Trinajstić information content (AvgIpc) is 2.97. The summed E-state index contributed by atoms with van der Waals surface area (Å²) in [5, 5.41) is 12.8. The zero-order valence-corrected chi connectivity index (χ0v) is 13.5. The van der Waals surface area contributed by atoms with Gasteiger partial charge in [0.1, 0.15) is 6.07 Å². The number of anilines is 1. The van der Waals surface area contributed by atoms with Crippen molar-refractivity contribution in [3.8, 4) is 6.07 Å². The number of allylic oxidation sites excluding steroid dienone is 1. The fourth-order valence-corrected chi connectivity index (χ4v) is 3.13. The molecule has 0 aliphatic carbocycles. The van der Waals surface area contributed by atoms with Gasteiger partial charge in [0.15, 0.2) is 11.9 Å². The number of hydrogen-bond acceptors (Lipinski definition) is 6. The largest absolute Gasteiger partial charge is 0.453 e. The number of rotatable bonds is 2. The molecule has 2 heterocycles. The topological polar surface area (TPSA) is 86.7 Å². The van der Waals surface area contributed by atoms with E-state index in [1.807, 2.05) is 25.1 Å². The summed E-state index contributed by atoms with van der Waals surface area (Å²) in [7, 11) is 3.71. The minimum Gasteiger partial charge on any atom is -0.453 e. The van der Waals surface area contributed by atoms with Crippen molar-refractivity contribution >= 4 is 11.4 Å². The fourth-order valence-electron chi connectivity index (χ4n) is 3.13. The van der Waals surface area contributed by atoms with Crippen LogP contribution in [-0.4, -0.2) is 32.2 Å². The van der Waals surface area contributed by atoms with Crippen LogP contribution in [0.3, 0.4) is 0 Å². The SMILES string of the molecule is CN(C)c1ccc([C@@H]2C(C#N)=C(N)O[C@@H]3NN=C(C(F)(F)F)[C@H]32)cc1. The Morgan fingerprint density at radius 1 is 1.28 bits per heavy atom. The second kappa shape index (κ2) is 5.88. The Labute approximate surface area is 142 Å². The molecule has 3 N–H and O–H groups in total. The van der Waals surface area contributed by atoms with E-state index in [1.54, 1.807) is 24.3 Å². The van der Waals surface area contributed by atoms with Crippen LogP contribution in [0.2, 0.25) is 0 Å². The molecule has 0 spiro atoms. The predicted molar refractivity (Wildman–Crippen MR) is 85.3 cm³/mol. The molecule has 0 saturated heterocycles. The highest BCUT2D eigenvalue weighted by Gasteiger charge is 2.55. The third-order valence-corrected chi connectivity index (χ3v) is 4.32. The molecule has 1 aromatic rings. The van der Waals surface area contributed by atoms with Crippen LogP contribution in [0.25, 0.3) is 0 Å². The van der Waals surface area contributed by atoms with Crippen molar-refractivity contribution in [2.24, 2.45) is 16.8 Å². The maximum absolute atomic E-state index is 13.4. The Morgan fingerprint density at radius 2 is 1.92 bits per heavy atom. The normalized spacial score (nSPS) is 25.4. The second-order valence-corrected chi connectivity index (χ2v) is 6.04. The summed E-state index contributed by atoms with van der Waals surface area (Å²) < 4.78 is 45.3. The molecule has 0 unspecified atom stereocenters. The van der Waals surface area contributed by atoms with Gasteiger partial charge in [-0.15, -0.1) is 0 Å². The number of nitrogens with two attached hydrogens (primary N) is 1. The van der Waals surface area contributed by atoms with Crippen LogP contribution in [0.4, 0.5) is 18.9 Å². The molecule has 9 heteroatoms. The average molecular weight is 351 g/mol. The summed E-state index contributed by atoms with van der Waals surface area (Å²) in [6.07, 6.45) is -5.70. The van der Waals surface area contributed by atoms with Crippen LogP contribution in [0.5, 0.6) is 0 Å². The maximum Gasteiger partial charge on any atom is 0.431 e. The summed E-state index contributed by atoms with van der Waals surface area (Å²) in [5.41, 5.74) is 8.50. The molecule has 0 saturated carbocycles. The van der Waals surface area contributed by atoms with Gasteiger partial charge in [0.2, 0.25) is 5.88 Å². The lowest BCUT2D eigenvalue weighted by molar-refractivity contribution is -0.0661. The van der Waals surface area contributed by atoms with Crippen LogP contribution in [-0.2, 0) is 4.74 Å². The molecule has 3 rings (SSSR count). The Bertz CT molecular complexity index is 776. The molecule has 132 valence electrons. The highest BCUT2D eigenvalue weighted by Crippen LogP contribution is 2.45. The Hall–Kier alpha value is -2.89. The molecule has 0 radical (unpaired) electrons. The van der Waals surface area contributed by atoms with Crippen molar-refractivity contribution < 1.29 is 17.9 Å². The summed E-state index contributed by atoms with van der Waals surface area (Å²) in [6.45, 7) is 0. The molecule has 0 fully saturated rings. The molecule has 0 bridgehead atoms. The minimum absolute atomic E-state index is 0.0282. The van der Waals surface area contributed by atoms with Gasteiger partial charge in [0.25, 0.3) is 0 Å². The summed E-state index contributed by atoms with van der Waals surface area (Å²) in [5.74, 6) is -2.26. The first kappa shape index (κ1) is 17.0. The van der Waals surface area contributed by atoms with Crippen molar-refractivity contribution in [2.45, 2.75) is 18.3 Å². The van der Waals surface area contributed by atoms with Gasteiger partial charge in [0, 0.05) is 25.7 Å². The zero-order valence-electron chi connectivity index (χ0n) is 13.5. The van der Waals surface area contributed by atoms with Crippen molar-refractivity contribution in [2.75, 3.05) is 19.0 Å². The molecule has 25 heavy (non-hydrogen) atoms. The Morgan fingerprint density at radius 3 is 2.44 bits per heavy atom. The standard InChI is InChI=1S/C16H16F3N5O/c1-24(2)9-5-3-8(4-6-9)11-10(7-20)14(21)25-15-12(11)13(22-23-15)16(17,18)19/h3-6,11-12,15,23H,21H2,1-2H3/t11-,12-,15+/m1/s1.